The molecule has 1 fully saturated rings. The van der Waals surface area contributed by atoms with Gasteiger partial charge in [0.1, 0.15) is 5.75 Å². The maximum absolute atomic E-state index is 12.0. The molecule has 6 heteroatoms. The fourth-order valence-corrected chi connectivity index (χ4v) is 2.65. The molecule has 0 radical (unpaired) electrons. The molecule has 0 aliphatic carbocycles. The van der Waals surface area contributed by atoms with Crippen molar-refractivity contribution in [1.29, 1.82) is 0 Å². The molecule has 2 unspecified atom stereocenters. The molecule has 1 aromatic rings. The highest BCUT2D eigenvalue weighted by Crippen LogP contribution is 2.32. The highest BCUT2D eigenvalue weighted by molar-refractivity contribution is 5.99. The van der Waals surface area contributed by atoms with Gasteiger partial charge in [0.15, 0.2) is 6.10 Å². The Kier molecular flexibility index (Phi) is 3.79. The van der Waals surface area contributed by atoms with E-state index in [0.717, 1.165) is 19.5 Å². The second-order valence-electron chi connectivity index (χ2n) is 5.57. The Bertz CT molecular complexity index is 567. The number of hydrogen-bond acceptors (Lipinski definition) is 4. The second-order valence-corrected chi connectivity index (χ2v) is 5.57. The minimum Gasteiger partial charge on any atom is -0.479 e. The van der Waals surface area contributed by atoms with E-state index in [4.69, 9.17) is 4.74 Å². The first-order valence-corrected chi connectivity index (χ1v) is 7.24. The number of ether oxygens (including phenoxy) is 1. The number of amides is 2. The molecule has 0 saturated carbocycles. The number of rotatable bonds is 3. The van der Waals surface area contributed by atoms with Crippen molar-refractivity contribution in [3.05, 3.63) is 18.2 Å². The fraction of sp³-hybridized carbons (Fsp3) is 0.467. The van der Waals surface area contributed by atoms with Crippen LogP contribution in [-0.4, -0.2) is 31.0 Å². The van der Waals surface area contributed by atoms with Crippen molar-refractivity contribution in [3.63, 3.8) is 0 Å². The van der Waals surface area contributed by atoms with Crippen LogP contribution in [0.5, 0.6) is 5.75 Å². The van der Waals surface area contributed by atoms with Crippen molar-refractivity contribution in [2.75, 3.05) is 23.7 Å². The molecule has 1 aromatic carbocycles. The van der Waals surface area contributed by atoms with Crippen LogP contribution in [0.2, 0.25) is 0 Å². The van der Waals surface area contributed by atoms with Crippen LogP contribution in [0.15, 0.2) is 18.2 Å². The Morgan fingerprint density at radius 3 is 3.10 bits per heavy atom. The van der Waals surface area contributed by atoms with Crippen molar-refractivity contribution in [1.82, 2.24) is 5.32 Å². The lowest BCUT2D eigenvalue weighted by molar-refractivity contribution is -0.122. The normalized spacial score (nSPS) is 24.0. The Balaban J connectivity index is 1.65. The SMILES string of the molecule is CC1Oc2ccc(NC(=O)CC3CCNC3)cc2NC1=O. The lowest BCUT2D eigenvalue weighted by atomic mass is 10.0. The molecular weight excluding hydrogens is 270 g/mol. The summed E-state index contributed by atoms with van der Waals surface area (Å²) in [5.41, 5.74) is 1.27. The smallest absolute Gasteiger partial charge is 0.265 e. The molecule has 2 aliphatic rings. The fourth-order valence-electron chi connectivity index (χ4n) is 2.65. The Morgan fingerprint density at radius 1 is 1.48 bits per heavy atom. The number of benzene rings is 1. The van der Waals surface area contributed by atoms with E-state index in [2.05, 4.69) is 16.0 Å². The number of anilines is 2. The molecule has 0 bridgehead atoms. The van der Waals surface area contributed by atoms with Crippen molar-refractivity contribution < 1.29 is 14.3 Å². The third-order valence-electron chi connectivity index (χ3n) is 3.83. The van der Waals surface area contributed by atoms with Gasteiger partial charge in [-0.15, -0.1) is 0 Å². The van der Waals surface area contributed by atoms with Gasteiger partial charge in [0.25, 0.3) is 5.91 Å². The summed E-state index contributed by atoms with van der Waals surface area (Å²) < 4.78 is 5.48. The second kappa shape index (κ2) is 5.73. The van der Waals surface area contributed by atoms with Gasteiger partial charge in [0.2, 0.25) is 5.91 Å². The molecular formula is C15H19N3O3. The summed E-state index contributed by atoms with van der Waals surface area (Å²) in [6.07, 6.45) is 1.07. The van der Waals surface area contributed by atoms with Gasteiger partial charge < -0.3 is 20.7 Å². The van der Waals surface area contributed by atoms with Gasteiger partial charge in [-0.25, -0.2) is 0 Å². The molecule has 2 amide bonds. The summed E-state index contributed by atoms with van der Waals surface area (Å²) in [7, 11) is 0. The van der Waals surface area contributed by atoms with Crippen LogP contribution in [0, 0.1) is 5.92 Å². The largest absolute Gasteiger partial charge is 0.479 e. The van der Waals surface area contributed by atoms with E-state index in [-0.39, 0.29) is 11.8 Å². The summed E-state index contributed by atoms with van der Waals surface area (Å²) >= 11 is 0. The van der Waals surface area contributed by atoms with E-state index in [1.54, 1.807) is 25.1 Å². The van der Waals surface area contributed by atoms with Crippen LogP contribution in [0.1, 0.15) is 19.8 Å². The maximum Gasteiger partial charge on any atom is 0.265 e. The molecule has 2 heterocycles. The van der Waals surface area contributed by atoms with Gasteiger partial charge in [-0.3, -0.25) is 9.59 Å². The quantitative estimate of drug-likeness (QED) is 0.784. The molecule has 0 aromatic heterocycles. The summed E-state index contributed by atoms with van der Waals surface area (Å²) in [6.45, 7) is 3.58. The average molecular weight is 289 g/mol. The van der Waals surface area contributed by atoms with E-state index in [9.17, 15) is 9.59 Å². The molecule has 2 aliphatic heterocycles. The average Bonchev–Trinajstić information content (AvgIpc) is 2.93. The Labute approximate surface area is 123 Å². The van der Waals surface area contributed by atoms with Crippen molar-refractivity contribution >= 4 is 23.2 Å². The first-order valence-electron chi connectivity index (χ1n) is 7.24. The number of carbonyl (C=O) groups is 2. The van der Waals surface area contributed by atoms with Gasteiger partial charge in [0, 0.05) is 12.1 Å². The van der Waals surface area contributed by atoms with E-state index >= 15 is 0 Å². The van der Waals surface area contributed by atoms with E-state index in [0.29, 0.717) is 29.5 Å². The van der Waals surface area contributed by atoms with Crippen molar-refractivity contribution in [3.8, 4) is 5.75 Å². The number of carbonyl (C=O) groups excluding carboxylic acids is 2. The molecule has 2 atom stereocenters. The van der Waals surface area contributed by atoms with Gasteiger partial charge >= 0.3 is 0 Å². The number of nitrogens with one attached hydrogen (secondary N) is 3. The highest BCUT2D eigenvalue weighted by Gasteiger charge is 2.24. The minimum absolute atomic E-state index is 0.0000670. The number of fused-ring (bicyclic) bond motifs is 1. The van der Waals surface area contributed by atoms with Crippen molar-refractivity contribution in [2.45, 2.75) is 25.9 Å². The molecule has 3 N–H and O–H groups in total. The molecule has 21 heavy (non-hydrogen) atoms. The first-order chi connectivity index (χ1) is 10.1. The first kappa shape index (κ1) is 13.9. The zero-order valence-electron chi connectivity index (χ0n) is 11.9. The summed E-state index contributed by atoms with van der Waals surface area (Å²) in [4.78, 5) is 23.6. The van der Waals surface area contributed by atoms with Crippen LogP contribution >= 0.6 is 0 Å². The standard InChI is InChI=1S/C15H19N3O3/c1-9-15(20)18-12-7-11(2-3-13(12)21-9)17-14(19)6-10-4-5-16-8-10/h2-3,7,9-10,16H,4-6,8H2,1H3,(H,17,19)(H,18,20). The summed E-state index contributed by atoms with van der Waals surface area (Å²) in [5.74, 6) is 0.856. The molecule has 6 nitrogen and oxygen atoms in total. The zero-order chi connectivity index (χ0) is 14.8. The van der Waals surface area contributed by atoms with Gasteiger partial charge in [-0.1, -0.05) is 0 Å². The lowest BCUT2D eigenvalue weighted by Gasteiger charge is -2.23. The van der Waals surface area contributed by atoms with E-state index in [1.165, 1.54) is 0 Å². The molecule has 0 spiro atoms. The summed E-state index contributed by atoms with van der Waals surface area (Å²) in [6, 6.07) is 5.27. The minimum atomic E-state index is -0.493. The Morgan fingerprint density at radius 2 is 2.33 bits per heavy atom. The van der Waals surface area contributed by atoms with Gasteiger partial charge in [-0.2, -0.15) is 0 Å². The van der Waals surface area contributed by atoms with Gasteiger partial charge in [0.05, 0.1) is 5.69 Å². The van der Waals surface area contributed by atoms with E-state index < -0.39 is 6.10 Å². The molecule has 1 saturated heterocycles. The highest BCUT2D eigenvalue weighted by atomic mass is 16.5. The third kappa shape index (κ3) is 3.16. The maximum atomic E-state index is 12.0. The van der Waals surface area contributed by atoms with Crippen LogP contribution in [0.3, 0.4) is 0 Å². The summed E-state index contributed by atoms with van der Waals surface area (Å²) in [5, 5.41) is 8.89. The zero-order valence-corrected chi connectivity index (χ0v) is 11.9. The van der Waals surface area contributed by atoms with Crippen LogP contribution in [0.4, 0.5) is 11.4 Å². The van der Waals surface area contributed by atoms with Crippen LogP contribution in [0.25, 0.3) is 0 Å². The monoisotopic (exact) mass is 289 g/mol. The third-order valence-corrected chi connectivity index (χ3v) is 3.83. The predicted molar refractivity (Wildman–Crippen MR) is 79.4 cm³/mol. The van der Waals surface area contributed by atoms with Crippen molar-refractivity contribution in [2.24, 2.45) is 5.92 Å². The predicted octanol–water partition coefficient (Wildman–Crippen LogP) is 1.34. The molecule has 112 valence electrons. The topological polar surface area (TPSA) is 79.5 Å². The molecule has 3 rings (SSSR count). The number of hydrogen-bond donors (Lipinski definition) is 3. The lowest BCUT2D eigenvalue weighted by Crippen LogP contribution is -2.34. The van der Waals surface area contributed by atoms with E-state index in [1.807, 2.05) is 0 Å². The Hall–Kier alpha value is -2.08. The van der Waals surface area contributed by atoms with Gasteiger partial charge in [-0.05, 0) is 50.6 Å². The van der Waals surface area contributed by atoms with Crippen LogP contribution in [-0.2, 0) is 9.59 Å². The van der Waals surface area contributed by atoms with Crippen LogP contribution < -0.4 is 20.7 Å².